The summed E-state index contributed by atoms with van der Waals surface area (Å²) in [5.74, 6) is 0.872. The molecule has 0 bridgehead atoms. The van der Waals surface area contributed by atoms with Gasteiger partial charge in [0.15, 0.2) is 0 Å². The molecule has 4 heteroatoms. The Hall–Kier alpha value is -1.39. The standard InChI is InChI=1S/C22H35N3O/c1-17-9-5-6-10-21(17)18(2)23-22(26)19(3)25-14-11-20(16-25)15-24-12-7-4-8-13-24/h5-6,9-10,18-20H,4,7-8,11-16H2,1-3H3,(H,23,26)/t18-,19+,20+/m0/s1. The van der Waals surface area contributed by atoms with E-state index in [0.29, 0.717) is 0 Å². The Balaban J connectivity index is 1.48. The molecule has 0 unspecified atom stereocenters. The van der Waals surface area contributed by atoms with Gasteiger partial charge in [0.2, 0.25) is 5.91 Å². The van der Waals surface area contributed by atoms with Crippen molar-refractivity contribution >= 4 is 5.91 Å². The fourth-order valence-electron chi connectivity index (χ4n) is 4.52. The summed E-state index contributed by atoms with van der Waals surface area (Å²) in [6, 6.07) is 8.30. The van der Waals surface area contributed by atoms with Crippen molar-refractivity contribution in [1.82, 2.24) is 15.1 Å². The van der Waals surface area contributed by atoms with Crippen LogP contribution in [0.2, 0.25) is 0 Å². The number of carbonyl (C=O) groups excluding carboxylic acids is 1. The molecule has 4 nitrogen and oxygen atoms in total. The van der Waals surface area contributed by atoms with E-state index in [0.717, 1.165) is 19.0 Å². The van der Waals surface area contributed by atoms with E-state index in [1.54, 1.807) is 0 Å². The number of aryl methyl sites for hydroxylation is 1. The van der Waals surface area contributed by atoms with Crippen molar-refractivity contribution in [3.8, 4) is 0 Å². The van der Waals surface area contributed by atoms with E-state index in [4.69, 9.17) is 0 Å². The number of likely N-dealkylation sites (tertiary alicyclic amines) is 2. The van der Waals surface area contributed by atoms with Crippen molar-refractivity contribution < 1.29 is 4.79 Å². The summed E-state index contributed by atoms with van der Waals surface area (Å²) in [5.41, 5.74) is 2.44. The summed E-state index contributed by atoms with van der Waals surface area (Å²) in [6.45, 7) is 12.1. The maximum absolute atomic E-state index is 12.8. The lowest BCUT2D eigenvalue weighted by Gasteiger charge is -2.30. The Bertz CT molecular complexity index is 597. The smallest absolute Gasteiger partial charge is 0.237 e. The number of nitrogens with zero attached hydrogens (tertiary/aromatic N) is 2. The van der Waals surface area contributed by atoms with Crippen LogP contribution in [0.3, 0.4) is 0 Å². The highest BCUT2D eigenvalue weighted by molar-refractivity contribution is 5.81. The zero-order valence-electron chi connectivity index (χ0n) is 16.7. The highest BCUT2D eigenvalue weighted by Crippen LogP contribution is 2.22. The van der Waals surface area contributed by atoms with E-state index >= 15 is 0 Å². The minimum absolute atomic E-state index is 0.0483. The van der Waals surface area contributed by atoms with E-state index in [9.17, 15) is 4.79 Å². The zero-order chi connectivity index (χ0) is 18.5. The number of hydrogen-bond acceptors (Lipinski definition) is 3. The molecule has 1 aromatic carbocycles. The van der Waals surface area contributed by atoms with Crippen LogP contribution in [-0.2, 0) is 4.79 Å². The first-order valence-electron chi connectivity index (χ1n) is 10.4. The van der Waals surface area contributed by atoms with Crippen LogP contribution in [-0.4, -0.2) is 54.5 Å². The van der Waals surface area contributed by atoms with Gasteiger partial charge < -0.3 is 10.2 Å². The van der Waals surface area contributed by atoms with Crippen LogP contribution in [0.1, 0.15) is 56.7 Å². The molecule has 2 saturated heterocycles. The molecule has 0 radical (unpaired) electrons. The van der Waals surface area contributed by atoms with Crippen LogP contribution < -0.4 is 5.32 Å². The molecule has 2 aliphatic heterocycles. The first-order valence-corrected chi connectivity index (χ1v) is 10.4. The molecule has 144 valence electrons. The summed E-state index contributed by atoms with van der Waals surface area (Å²) >= 11 is 0. The second kappa shape index (κ2) is 9.01. The maximum Gasteiger partial charge on any atom is 0.237 e. The van der Waals surface area contributed by atoms with Gasteiger partial charge in [-0.3, -0.25) is 9.69 Å². The Kier molecular flexibility index (Phi) is 6.71. The summed E-state index contributed by atoms with van der Waals surface area (Å²) < 4.78 is 0. The van der Waals surface area contributed by atoms with Gasteiger partial charge in [-0.2, -0.15) is 0 Å². The number of piperidine rings is 1. The van der Waals surface area contributed by atoms with Gasteiger partial charge in [-0.15, -0.1) is 0 Å². The van der Waals surface area contributed by atoms with Gasteiger partial charge in [0.1, 0.15) is 0 Å². The number of nitrogens with one attached hydrogen (secondary N) is 1. The van der Waals surface area contributed by atoms with E-state index in [1.807, 2.05) is 12.1 Å². The second-order valence-electron chi connectivity index (χ2n) is 8.27. The van der Waals surface area contributed by atoms with Crippen LogP contribution in [0.5, 0.6) is 0 Å². The fourth-order valence-corrected chi connectivity index (χ4v) is 4.52. The van der Waals surface area contributed by atoms with Crippen molar-refractivity contribution in [3.05, 3.63) is 35.4 Å². The third-order valence-electron chi connectivity index (χ3n) is 6.22. The Morgan fingerprint density at radius 2 is 1.88 bits per heavy atom. The minimum atomic E-state index is -0.0483. The number of hydrogen-bond donors (Lipinski definition) is 1. The Morgan fingerprint density at radius 3 is 2.62 bits per heavy atom. The molecule has 0 aliphatic carbocycles. The monoisotopic (exact) mass is 357 g/mol. The lowest BCUT2D eigenvalue weighted by molar-refractivity contribution is -0.126. The molecule has 1 aromatic rings. The third-order valence-corrected chi connectivity index (χ3v) is 6.22. The van der Waals surface area contributed by atoms with Gasteiger partial charge in [0.05, 0.1) is 12.1 Å². The van der Waals surface area contributed by atoms with E-state index < -0.39 is 0 Å². The predicted octanol–water partition coefficient (Wildman–Crippen LogP) is 3.37. The summed E-state index contributed by atoms with van der Waals surface area (Å²) in [7, 11) is 0. The highest BCUT2D eigenvalue weighted by Gasteiger charge is 2.31. The Labute approximate surface area is 158 Å². The topological polar surface area (TPSA) is 35.6 Å². The van der Waals surface area contributed by atoms with E-state index in [-0.39, 0.29) is 18.0 Å². The molecule has 2 aliphatic rings. The van der Waals surface area contributed by atoms with Crippen molar-refractivity contribution in [2.45, 2.75) is 58.5 Å². The van der Waals surface area contributed by atoms with Crippen molar-refractivity contribution in [1.29, 1.82) is 0 Å². The normalized spacial score (nSPS) is 24.3. The molecule has 3 rings (SSSR count). The van der Waals surface area contributed by atoms with Crippen LogP contribution in [0.25, 0.3) is 0 Å². The predicted molar refractivity (Wildman–Crippen MR) is 107 cm³/mol. The molecule has 1 N–H and O–H groups in total. The lowest BCUT2D eigenvalue weighted by Crippen LogP contribution is -2.45. The molecule has 2 heterocycles. The zero-order valence-corrected chi connectivity index (χ0v) is 16.7. The number of benzene rings is 1. The number of rotatable bonds is 6. The lowest BCUT2D eigenvalue weighted by atomic mass is 10.0. The van der Waals surface area contributed by atoms with Gasteiger partial charge in [-0.1, -0.05) is 30.7 Å². The van der Waals surface area contributed by atoms with Crippen LogP contribution >= 0.6 is 0 Å². The summed E-state index contributed by atoms with van der Waals surface area (Å²) in [6.07, 6.45) is 5.32. The first kappa shape index (κ1) is 19.4. The molecule has 0 saturated carbocycles. The molecule has 0 aromatic heterocycles. The Morgan fingerprint density at radius 1 is 1.15 bits per heavy atom. The van der Waals surface area contributed by atoms with Crippen LogP contribution in [0.15, 0.2) is 24.3 Å². The first-order chi connectivity index (χ1) is 12.5. The number of amides is 1. The molecule has 3 atom stereocenters. The average Bonchev–Trinajstić information content (AvgIpc) is 3.10. The molecule has 26 heavy (non-hydrogen) atoms. The molecular weight excluding hydrogens is 322 g/mol. The third kappa shape index (κ3) is 4.86. The van der Waals surface area contributed by atoms with Gasteiger partial charge in [0, 0.05) is 13.1 Å². The van der Waals surface area contributed by atoms with Crippen LogP contribution in [0.4, 0.5) is 0 Å². The maximum atomic E-state index is 12.8. The molecule has 0 spiro atoms. The van der Waals surface area contributed by atoms with E-state index in [2.05, 4.69) is 48.0 Å². The fraction of sp³-hybridized carbons (Fsp3) is 0.682. The van der Waals surface area contributed by atoms with Gasteiger partial charge >= 0.3 is 0 Å². The average molecular weight is 358 g/mol. The largest absolute Gasteiger partial charge is 0.348 e. The number of carbonyl (C=O) groups is 1. The van der Waals surface area contributed by atoms with Crippen molar-refractivity contribution in [3.63, 3.8) is 0 Å². The highest BCUT2D eigenvalue weighted by atomic mass is 16.2. The summed E-state index contributed by atoms with van der Waals surface area (Å²) in [5, 5.41) is 3.22. The van der Waals surface area contributed by atoms with Crippen molar-refractivity contribution in [2.24, 2.45) is 5.92 Å². The van der Waals surface area contributed by atoms with E-state index in [1.165, 1.54) is 56.4 Å². The molecular formula is C22H35N3O. The van der Waals surface area contributed by atoms with Gasteiger partial charge in [-0.25, -0.2) is 0 Å². The quantitative estimate of drug-likeness (QED) is 0.848. The summed E-state index contributed by atoms with van der Waals surface area (Å²) in [4.78, 5) is 17.8. The van der Waals surface area contributed by atoms with Gasteiger partial charge in [-0.05, 0) is 76.7 Å². The van der Waals surface area contributed by atoms with Crippen molar-refractivity contribution in [2.75, 3.05) is 32.7 Å². The minimum Gasteiger partial charge on any atom is -0.348 e. The molecule has 2 fully saturated rings. The SMILES string of the molecule is Cc1ccccc1[C@H](C)NC(=O)[C@@H](C)N1CC[C@H](CN2CCCCC2)C1. The van der Waals surface area contributed by atoms with Gasteiger partial charge in [0.25, 0.3) is 0 Å². The van der Waals surface area contributed by atoms with Crippen LogP contribution in [0, 0.1) is 12.8 Å². The molecule has 1 amide bonds. The second-order valence-corrected chi connectivity index (χ2v) is 8.27.